The van der Waals surface area contributed by atoms with Crippen molar-refractivity contribution in [2.75, 3.05) is 13.1 Å². The number of hydrogen-bond donors (Lipinski definition) is 1. The third kappa shape index (κ3) is 2.46. The van der Waals surface area contributed by atoms with Crippen molar-refractivity contribution in [1.82, 2.24) is 9.88 Å². The van der Waals surface area contributed by atoms with Crippen LogP contribution in [0, 0.1) is 5.92 Å². The van der Waals surface area contributed by atoms with Crippen LogP contribution >= 0.6 is 11.3 Å². The fourth-order valence-corrected chi connectivity index (χ4v) is 2.70. The molecule has 0 radical (unpaired) electrons. The molecule has 0 aromatic carbocycles. The Morgan fingerprint density at radius 3 is 2.94 bits per heavy atom. The molecule has 17 heavy (non-hydrogen) atoms. The van der Waals surface area contributed by atoms with Crippen molar-refractivity contribution in [3.8, 4) is 0 Å². The van der Waals surface area contributed by atoms with Crippen molar-refractivity contribution >= 4 is 23.2 Å². The van der Waals surface area contributed by atoms with Gasteiger partial charge in [-0.15, -0.1) is 11.3 Å². The molecule has 1 N–H and O–H groups in total. The number of hydrogen-bond acceptors (Lipinski definition) is 4. The zero-order valence-corrected chi connectivity index (χ0v) is 10.4. The zero-order chi connectivity index (χ0) is 12.4. The summed E-state index contributed by atoms with van der Waals surface area (Å²) < 4.78 is 0. The van der Waals surface area contributed by atoms with E-state index in [1.54, 1.807) is 11.1 Å². The van der Waals surface area contributed by atoms with Gasteiger partial charge in [-0.1, -0.05) is 6.92 Å². The maximum Gasteiger partial charge on any atom is 0.308 e. The van der Waals surface area contributed by atoms with Crippen LogP contribution in [0.1, 0.15) is 28.0 Å². The number of aryl methyl sites for hydroxylation is 1. The standard InChI is InChI=1S/C11H14N2O3S/c1-2-9-12-5-8(17-9)10(14)13-4-3-7(6-13)11(15)16/h5,7H,2-4,6H2,1H3,(H,15,16). The van der Waals surface area contributed by atoms with Crippen LogP contribution in [-0.2, 0) is 11.2 Å². The number of carbonyl (C=O) groups is 2. The largest absolute Gasteiger partial charge is 0.481 e. The topological polar surface area (TPSA) is 70.5 Å². The minimum absolute atomic E-state index is 0.0917. The molecule has 0 saturated carbocycles. The first kappa shape index (κ1) is 12.0. The lowest BCUT2D eigenvalue weighted by Crippen LogP contribution is -2.29. The van der Waals surface area contributed by atoms with E-state index in [2.05, 4.69) is 4.98 Å². The lowest BCUT2D eigenvalue weighted by molar-refractivity contribution is -0.141. The van der Waals surface area contributed by atoms with Crippen LogP contribution in [0.3, 0.4) is 0 Å². The summed E-state index contributed by atoms with van der Waals surface area (Å²) in [6.07, 6.45) is 2.94. The Hall–Kier alpha value is -1.43. The number of rotatable bonds is 3. The molecule has 1 aliphatic heterocycles. The van der Waals surface area contributed by atoms with E-state index in [1.807, 2.05) is 6.92 Å². The van der Waals surface area contributed by atoms with Crippen LogP contribution in [-0.4, -0.2) is 40.0 Å². The van der Waals surface area contributed by atoms with Crippen molar-refractivity contribution in [2.24, 2.45) is 5.92 Å². The molecule has 0 spiro atoms. The second-order valence-electron chi connectivity index (χ2n) is 4.05. The minimum Gasteiger partial charge on any atom is -0.481 e. The van der Waals surface area contributed by atoms with E-state index in [-0.39, 0.29) is 5.91 Å². The average Bonchev–Trinajstić information content (AvgIpc) is 2.97. The number of likely N-dealkylation sites (tertiary alicyclic amines) is 1. The Balaban J connectivity index is 2.04. The lowest BCUT2D eigenvalue weighted by Gasteiger charge is -2.13. The SMILES string of the molecule is CCc1ncc(C(=O)N2CCC(C(=O)O)C2)s1. The molecule has 1 aromatic heterocycles. The van der Waals surface area contributed by atoms with Gasteiger partial charge in [0.1, 0.15) is 4.88 Å². The minimum atomic E-state index is -0.821. The summed E-state index contributed by atoms with van der Waals surface area (Å²) in [5.74, 6) is -1.33. The highest BCUT2D eigenvalue weighted by atomic mass is 32.1. The van der Waals surface area contributed by atoms with Gasteiger partial charge in [-0.05, 0) is 12.8 Å². The van der Waals surface area contributed by atoms with E-state index in [9.17, 15) is 9.59 Å². The Kier molecular flexibility index (Phi) is 3.42. The van der Waals surface area contributed by atoms with Crippen LogP contribution < -0.4 is 0 Å². The second-order valence-corrected chi connectivity index (χ2v) is 5.16. The first-order valence-corrected chi connectivity index (χ1v) is 6.40. The van der Waals surface area contributed by atoms with Crippen LogP contribution in [0.2, 0.25) is 0 Å². The number of nitrogens with zero attached hydrogens (tertiary/aromatic N) is 2. The highest BCUT2D eigenvalue weighted by Gasteiger charge is 2.31. The summed E-state index contributed by atoms with van der Waals surface area (Å²) in [4.78, 5) is 29.2. The number of aliphatic carboxylic acids is 1. The van der Waals surface area contributed by atoms with Crippen molar-refractivity contribution in [1.29, 1.82) is 0 Å². The molecule has 2 rings (SSSR count). The molecule has 1 atom stereocenters. The fourth-order valence-electron chi connectivity index (χ4n) is 1.87. The van der Waals surface area contributed by atoms with Gasteiger partial charge in [0.05, 0.1) is 17.1 Å². The molecule has 92 valence electrons. The number of thiazole rings is 1. The molecule has 1 fully saturated rings. The van der Waals surface area contributed by atoms with Crippen molar-refractivity contribution in [3.05, 3.63) is 16.1 Å². The summed E-state index contributed by atoms with van der Waals surface area (Å²) >= 11 is 1.39. The first-order chi connectivity index (χ1) is 8.11. The molecule has 0 aliphatic carbocycles. The molecule has 1 aromatic rings. The van der Waals surface area contributed by atoms with E-state index in [1.165, 1.54) is 11.3 Å². The monoisotopic (exact) mass is 254 g/mol. The number of amides is 1. The van der Waals surface area contributed by atoms with Gasteiger partial charge in [-0.3, -0.25) is 9.59 Å². The smallest absolute Gasteiger partial charge is 0.308 e. The maximum absolute atomic E-state index is 12.0. The fraction of sp³-hybridized carbons (Fsp3) is 0.545. The molecule has 2 heterocycles. The Morgan fingerprint density at radius 2 is 2.41 bits per heavy atom. The third-order valence-corrected chi connectivity index (χ3v) is 4.02. The maximum atomic E-state index is 12.0. The molecule has 0 bridgehead atoms. The van der Waals surface area contributed by atoms with E-state index >= 15 is 0 Å². The number of carboxylic acid groups (broad SMARTS) is 1. The van der Waals surface area contributed by atoms with Gasteiger partial charge in [-0.2, -0.15) is 0 Å². The molecule has 5 nitrogen and oxygen atoms in total. The van der Waals surface area contributed by atoms with E-state index < -0.39 is 11.9 Å². The summed E-state index contributed by atoms with van der Waals surface area (Å²) in [5, 5.41) is 9.81. The van der Waals surface area contributed by atoms with Crippen LogP contribution in [0.5, 0.6) is 0 Å². The van der Waals surface area contributed by atoms with Gasteiger partial charge in [-0.25, -0.2) is 4.98 Å². The highest BCUT2D eigenvalue weighted by molar-refractivity contribution is 7.13. The van der Waals surface area contributed by atoms with Gasteiger partial charge >= 0.3 is 5.97 Å². The number of carboxylic acids is 1. The van der Waals surface area contributed by atoms with Crippen LogP contribution in [0.25, 0.3) is 0 Å². The first-order valence-electron chi connectivity index (χ1n) is 5.58. The van der Waals surface area contributed by atoms with Crippen molar-refractivity contribution in [3.63, 3.8) is 0 Å². The quantitative estimate of drug-likeness (QED) is 0.881. The molecule has 1 saturated heterocycles. The average molecular weight is 254 g/mol. The Morgan fingerprint density at radius 1 is 1.65 bits per heavy atom. The van der Waals surface area contributed by atoms with Crippen molar-refractivity contribution in [2.45, 2.75) is 19.8 Å². The van der Waals surface area contributed by atoms with E-state index in [0.717, 1.165) is 11.4 Å². The second kappa shape index (κ2) is 4.83. The van der Waals surface area contributed by atoms with Gasteiger partial charge in [0.25, 0.3) is 5.91 Å². The molecule has 1 amide bonds. The summed E-state index contributed by atoms with van der Waals surface area (Å²) in [6, 6.07) is 0. The number of carbonyl (C=O) groups excluding carboxylic acids is 1. The zero-order valence-electron chi connectivity index (χ0n) is 9.55. The van der Waals surface area contributed by atoms with Crippen LogP contribution in [0.15, 0.2) is 6.20 Å². The summed E-state index contributed by atoms with van der Waals surface area (Å²) in [6.45, 7) is 2.83. The van der Waals surface area contributed by atoms with Gasteiger partial charge in [0.15, 0.2) is 0 Å². The number of aromatic nitrogens is 1. The predicted octanol–water partition coefficient (Wildman–Crippen LogP) is 1.25. The summed E-state index contributed by atoms with van der Waals surface area (Å²) in [7, 11) is 0. The lowest BCUT2D eigenvalue weighted by atomic mass is 10.1. The molecular weight excluding hydrogens is 240 g/mol. The van der Waals surface area contributed by atoms with Crippen LogP contribution in [0.4, 0.5) is 0 Å². The molecular formula is C11H14N2O3S. The van der Waals surface area contributed by atoms with Gasteiger partial charge in [0.2, 0.25) is 0 Å². The van der Waals surface area contributed by atoms with E-state index in [4.69, 9.17) is 5.11 Å². The predicted molar refractivity (Wildman–Crippen MR) is 63.1 cm³/mol. The van der Waals surface area contributed by atoms with Crippen molar-refractivity contribution < 1.29 is 14.7 Å². The molecule has 6 heteroatoms. The van der Waals surface area contributed by atoms with Gasteiger partial charge in [0, 0.05) is 13.1 Å². The van der Waals surface area contributed by atoms with Gasteiger partial charge < -0.3 is 10.0 Å². The third-order valence-electron chi connectivity index (χ3n) is 2.89. The molecule has 1 aliphatic rings. The normalized spacial score (nSPS) is 19.6. The molecule has 1 unspecified atom stereocenters. The highest BCUT2D eigenvalue weighted by Crippen LogP contribution is 2.21. The summed E-state index contributed by atoms with van der Waals surface area (Å²) in [5.41, 5.74) is 0. The van der Waals surface area contributed by atoms with E-state index in [0.29, 0.717) is 24.4 Å². The Labute approximate surface area is 103 Å². The Bertz CT molecular complexity index is 444.